The first kappa shape index (κ1) is 25.3. The highest BCUT2D eigenvalue weighted by molar-refractivity contribution is 7.45. The summed E-state index contributed by atoms with van der Waals surface area (Å²) < 4.78 is 24.5. The molecule has 0 bridgehead atoms. The van der Waals surface area contributed by atoms with Crippen LogP contribution in [0.3, 0.4) is 0 Å². The van der Waals surface area contributed by atoms with E-state index < -0.39 is 7.82 Å². The predicted molar refractivity (Wildman–Crippen MR) is 104 cm³/mol. The van der Waals surface area contributed by atoms with Crippen LogP contribution < -0.4 is 9.46 Å². The summed E-state index contributed by atoms with van der Waals surface area (Å²) in [6, 6.07) is 0. The van der Waals surface area contributed by atoms with Crippen LogP contribution in [-0.4, -0.2) is 17.8 Å². The third-order valence-corrected chi connectivity index (χ3v) is 4.84. The fourth-order valence-electron chi connectivity index (χ4n) is 2.21. The normalized spacial score (nSPS) is 11.3. The number of phosphoric ester groups is 1. The van der Waals surface area contributed by atoms with Gasteiger partial charge in [-0.05, 0) is 25.7 Å². The molecule has 0 aliphatic rings. The standard InChI is InChI=1S/C11H21N2.C8H19O4P/c1-3-4-5-6-7-8-13-10-9-12(2)11-13;1-3-5-7-11-13(9,10)12-8-6-4-2/h9-11H,3-8H2,1-2H3;3-8H2,1-2H3,(H,9,10)/q+1;/p-1. The number of aryl methyl sites for hydroxylation is 2. The van der Waals surface area contributed by atoms with Crippen molar-refractivity contribution in [3.05, 3.63) is 18.7 Å². The van der Waals surface area contributed by atoms with E-state index in [2.05, 4.69) is 50.9 Å². The fraction of sp³-hybridized carbons (Fsp3) is 0.842. The van der Waals surface area contributed by atoms with Crippen LogP contribution in [0.4, 0.5) is 0 Å². The van der Waals surface area contributed by atoms with Gasteiger partial charge in [-0.25, -0.2) is 9.13 Å². The molecule has 154 valence electrons. The number of imidazole rings is 1. The molecule has 1 heterocycles. The molecule has 0 radical (unpaired) electrons. The molecule has 0 atom stereocenters. The molecule has 0 unspecified atom stereocenters. The monoisotopic (exact) mass is 390 g/mol. The molecule has 7 heteroatoms. The zero-order valence-electron chi connectivity index (χ0n) is 17.2. The number of unbranched alkanes of at least 4 members (excludes halogenated alkanes) is 6. The largest absolute Gasteiger partial charge is 0.756 e. The molecule has 1 aromatic rings. The Morgan fingerprint density at radius 1 is 0.923 bits per heavy atom. The molecule has 1 aromatic heterocycles. The van der Waals surface area contributed by atoms with Gasteiger partial charge in [-0.2, -0.15) is 0 Å². The molecule has 26 heavy (non-hydrogen) atoms. The van der Waals surface area contributed by atoms with Gasteiger partial charge in [0.2, 0.25) is 6.33 Å². The van der Waals surface area contributed by atoms with Crippen LogP contribution >= 0.6 is 7.82 Å². The molecule has 0 aliphatic carbocycles. The Labute approximate surface area is 160 Å². The van der Waals surface area contributed by atoms with Gasteiger partial charge in [0, 0.05) is 0 Å². The second-order valence-corrected chi connectivity index (χ2v) is 7.96. The lowest BCUT2D eigenvalue weighted by atomic mass is 10.1. The highest BCUT2D eigenvalue weighted by Gasteiger charge is 2.07. The van der Waals surface area contributed by atoms with Crippen molar-refractivity contribution in [2.75, 3.05) is 13.2 Å². The smallest absolute Gasteiger partial charge is 0.267 e. The van der Waals surface area contributed by atoms with Crippen LogP contribution in [0.15, 0.2) is 18.7 Å². The van der Waals surface area contributed by atoms with Gasteiger partial charge < -0.3 is 13.9 Å². The van der Waals surface area contributed by atoms with Gasteiger partial charge in [0.25, 0.3) is 7.82 Å². The zero-order valence-corrected chi connectivity index (χ0v) is 18.1. The average Bonchev–Trinajstić information content (AvgIpc) is 3.01. The second kappa shape index (κ2) is 16.5. The Hall–Kier alpha value is -0.680. The molecular weight excluding hydrogens is 351 g/mol. The van der Waals surface area contributed by atoms with Crippen LogP contribution in [0.1, 0.15) is 78.6 Å². The highest BCUT2D eigenvalue weighted by atomic mass is 31.2. The second-order valence-electron chi connectivity index (χ2n) is 6.55. The average molecular weight is 391 g/mol. The van der Waals surface area contributed by atoms with Crippen LogP contribution in [0.2, 0.25) is 0 Å². The predicted octanol–water partition coefficient (Wildman–Crippen LogP) is 4.37. The lowest BCUT2D eigenvalue weighted by Gasteiger charge is -2.22. The van der Waals surface area contributed by atoms with Crippen molar-refractivity contribution in [3.63, 3.8) is 0 Å². The summed E-state index contributed by atoms with van der Waals surface area (Å²) in [6.07, 6.45) is 16.5. The molecular formula is C19H39N2O4P. The van der Waals surface area contributed by atoms with E-state index in [0.29, 0.717) is 0 Å². The van der Waals surface area contributed by atoms with E-state index >= 15 is 0 Å². The lowest BCUT2D eigenvalue weighted by Crippen LogP contribution is -2.23. The molecule has 0 N–H and O–H groups in total. The molecule has 0 saturated carbocycles. The van der Waals surface area contributed by atoms with Crippen molar-refractivity contribution in [3.8, 4) is 0 Å². The van der Waals surface area contributed by atoms with Crippen molar-refractivity contribution >= 4 is 7.82 Å². The lowest BCUT2D eigenvalue weighted by molar-refractivity contribution is -0.671. The first-order valence-electron chi connectivity index (χ1n) is 10.1. The molecule has 1 rings (SSSR count). The van der Waals surface area contributed by atoms with Gasteiger partial charge >= 0.3 is 0 Å². The van der Waals surface area contributed by atoms with Crippen molar-refractivity contribution in [1.29, 1.82) is 0 Å². The summed E-state index contributed by atoms with van der Waals surface area (Å²) >= 11 is 0. The minimum atomic E-state index is -4.00. The SMILES string of the molecule is CCCCCCCn1cc[n+](C)c1.CCCCOP(=O)([O-])OCCCC. The van der Waals surface area contributed by atoms with E-state index in [-0.39, 0.29) is 13.2 Å². The van der Waals surface area contributed by atoms with E-state index in [1.54, 1.807) is 0 Å². The Balaban J connectivity index is 0.000000481. The summed E-state index contributed by atoms with van der Waals surface area (Å²) in [7, 11) is -1.94. The Kier molecular flexibility index (Phi) is 16.1. The quantitative estimate of drug-likeness (QED) is 0.269. The van der Waals surface area contributed by atoms with Crippen molar-refractivity contribution in [2.45, 2.75) is 85.1 Å². The molecule has 0 spiro atoms. The van der Waals surface area contributed by atoms with Gasteiger partial charge in [0.1, 0.15) is 12.4 Å². The van der Waals surface area contributed by atoms with E-state index in [0.717, 1.165) is 25.7 Å². The zero-order chi connectivity index (χ0) is 19.7. The summed E-state index contributed by atoms with van der Waals surface area (Å²) in [5.41, 5.74) is 0. The molecule has 6 nitrogen and oxygen atoms in total. The summed E-state index contributed by atoms with van der Waals surface area (Å²) in [5, 5.41) is 0. The van der Waals surface area contributed by atoms with E-state index in [1.807, 2.05) is 13.8 Å². The summed E-state index contributed by atoms with van der Waals surface area (Å²) in [6.45, 7) is 7.82. The van der Waals surface area contributed by atoms with Crippen molar-refractivity contribution in [1.82, 2.24) is 4.57 Å². The van der Waals surface area contributed by atoms with Crippen molar-refractivity contribution < 1.29 is 23.1 Å². The maximum atomic E-state index is 11.0. The maximum Gasteiger partial charge on any atom is 0.267 e. The van der Waals surface area contributed by atoms with Gasteiger partial charge in [0.15, 0.2) is 0 Å². The number of hydrogen-bond acceptors (Lipinski definition) is 4. The number of phosphoric acid groups is 1. The summed E-state index contributed by atoms with van der Waals surface area (Å²) in [5.74, 6) is 0. The molecule has 0 fully saturated rings. The first-order chi connectivity index (χ1) is 12.4. The van der Waals surface area contributed by atoms with Gasteiger partial charge in [0.05, 0.1) is 26.8 Å². The summed E-state index contributed by atoms with van der Waals surface area (Å²) in [4.78, 5) is 11.0. The topological polar surface area (TPSA) is 67.4 Å². The van der Waals surface area contributed by atoms with Crippen LogP contribution in [0.5, 0.6) is 0 Å². The number of hydrogen-bond donors (Lipinski definition) is 0. The van der Waals surface area contributed by atoms with E-state index in [1.165, 1.54) is 38.6 Å². The number of nitrogens with zero attached hydrogens (tertiary/aromatic N) is 2. The van der Waals surface area contributed by atoms with Crippen LogP contribution in [-0.2, 0) is 27.2 Å². The van der Waals surface area contributed by atoms with Gasteiger partial charge in [-0.3, -0.25) is 4.57 Å². The highest BCUT2D eigenvalue weighted by Crippen LogP contribution is 2.38. The van der Waals surface area contributed by atoms with Crippen LogP contribution in [0.25, 0.3) is 0 Å². The number of rotatable bonds is 14. The Bertz CT molecular complexity index is 466. The van der Waals surface area contributed by atoms with E-state index in [4.69, 9.17) is 0 Å². The molecule has 0 saturated heterocycles. The first-order valence-corrected chi connectivity index (χ1v) is 11.5. The third-order valence-electron chi connectivity index (χ3n) is 3.84. The number of aromatic nitrogens is 2. The Morgan fingerprint density at radius 2 is 1.46 bits per heavy atom. The minimum absolute atomic E-state index is 0.226. The molecule has 0 aromatic carbocycles. The minimum Gasteiger partial charge on any atom is -0.756 e. The third kappa shape index (κ3) is 15.6. The fourth-order valence-corrected chi connectivity index (χ4v) is 2.99. The van der Waals surface area contributed by atoms with Crippen molar-refractivity contribution in [2.24, 2.45) is 7.05 Å². The van der Waals surface area contributed by atoms with Crippen LogP contribution in [0, 0.1) is 0 Å². The van der Waals surface area contributed by atoms with Gasteiger partial charge in [-0.15, -0.1) is 0 Å². The molecule has 0 amide bonds. The molecule has 0 aliphatic heterocycles. The Morgan fingerprint density at radius 3 is 1.92 bits per heavy atom. The van der Waals surface area contributed by atoms with Gasteiger partial charge in [-0.1, -0.05) is 52.9 Å². The maximum absolute atomic E-state index is 11.0. The van der Waals surface area contributed by atoms with E-state index in [9.17, 15) is 9.46 Å².